The molecule has 110 valence electrons. The molecule has 0 unspecified atom stereocenters. The zero-order chi connectivity index (χ0) is 14.2. The van der Waals surface area contributed by atoms with E-state index in [0.29, 0.717) is 31.2 Å². The Morgan fingerprint density at radius 2 is 2.45 bits per heavy atom. The average Bonchev–Trinajstić information content (AvgIpc) is 2.99. The molecule has 0 aliphatic carbocycles. The van der Waals surface area contributed by atoms with Gasteiger partial charge in [-0.1, -0.05) is 0 Å². The minimum absolute atomic E-state index is 0.137. The van der Waals surface area contributed by atoms with Crippen molar-refractivity contribution in [1.29, 1.82) is 0 Å². The van der Waals surface area contributed by atoms with E-state index in [1.165, 1.54) is 0 Å². The highest BCUT2D eigenvalue weighted by Crippen LogP contribution is 2.12. The van der Waals surface area contributed by atoms with E-state index in [-0.39, 0.29) is 12.0 Å². The first-order valence-electron chi connectivity index (χ1n) is 6.77. The molecule has 6 nitrogen and oxygen atoms in total. The van der Waals surface area contributed by atoms with Gasteiger partial charge in [-0.3, -0.25) is 4.79 Å². The average molecular weight is 280 g/mol. The van der Waals surface area contributed by atoms with Gasteiger partial charge >= 0.3 is 0 Å². The number of carbonyl (C=O) groups excluding carboxylic acids is 1. The van der Waals surface area contributed by atoms with Crippen LogP contribution in [0.3, 0.4) is 0 Å². The van der Waals surface area contributed by atoms with Gasteiger partial charge in [-0.05, 0) is 18.9 Å². The molecule has 0 bridgehead atoms. The molecule has 1 aliphatic heterocycles. The minimum atomic E-state index is -0.139. The van der Waals surface area contributed by atoms with Crippen LogP contribution in [0.1, 0.15) is 23.2 Å². The molecular weight excluding hydrogens is 260 g/mol. The number of hydrogen-bond donors (Lipinski definition) is 1. The molecule has 1 fully saturated rings. The van der Waals surface area contributed by atoms with E-state index in [2.05, 4.69) is 10.3 Å². The number of ether oxygens (including phenoxy) is 3. The summed E-state index contributed by atoms with van der Waals surface area (Å²) in [5.41, 5.74) is 0.533. The Labute approximate surface area is 118 Å². The molecule has 1 saturated heterocycles. The fourth-order valence-corrected chi connectivity index (χ4v) is 1.97. The summed E-state index contributed by atoms with van der Waals surface area (Å²) in [5, 5.41) is 2.86. The first kappa shape index (κ1) is 14.7. The smallest absolute Gasteiger partial charge is 0.251 e. The third-order valence-corrected chi connectivity index (χ3v) is 3.05. The Hall–Kier alpha value is -1.66. The van der Waals surface area contributed by atoms with Crippen molar-refractivity contribution in [3.63, 3.8) is 0 Å². The number of rotatable bonds is 7. The van der Waals surface area contributed by atoms with Crippen molar-refractivity contribution in [2.75, 3.05) is 33.5 Å². The van der Waals surface area contributed by atoms with Crippen molar-refractivity contribution in [2.24, 2.45) is 0 Å². The largest absolute Gasteiger partial charge is 0.475 e. The van der Waals surface area contributed by atoms with Gasteiger partial charge in [0, 0.05) is 38.1 Å². The maximum Gasteiger partial charge on any atom is 0.251 e. The molecule has 2 heterocycles. The monoisotopic (exact) mass is 280 g/mol. The van der Waals surface area contributed by atoms with Crippen LogP contribution in [0.4, 0.5) is 0 Å². The normalized spacial score (nSPS) is 17.9. The van der Waals surface area contributed by atoms with E-state index in [1.54, 1.807) is 25.4 Å². The van der Waals surface area contributed by atoms with Crippen LogP contribution in [0.25, 0.3) is 0 Å². The van der Waals surface area contributed by atoms with Gasteiger partial charge in [-0.2, -0.15) is 0 Å². The minimum Gasteiger partial charge on any atom is -0.475 e. The van der Waals surface area contributed by atoms with Crippen LogP contribution in [0.5, 0.6) is 5.88 Å². The molecule has 0 saturated carbocycles. The third-order valence-electron chi connectivity index (χ3n) is 3.05. The summed E-state index contributed by atoms with van der Waals surface area (Å²) in [4.78, 5) is 16.1. The molecule has 0 radical (unpaired) electrons. The quantitative estimate of drug-likeness (QED) is 0.755. The Morgan fingerprint density at radius 1 is 1.55 bits per heavy atom. The fraction of sp³-hybridized carbons (Fsp3) is 0.571. The molecule has 1 aliphatic rings. The number of nitrogens with zero attached hydrogens (tertiary/aromatic N) is 1. The summed E-state index contributed by atoms with van der Waals surface area (Å²) in [5.74, 6) is 0.284. The van der Waals surface area contributed by atoms with Gasteiger partial charge < -0.3 is 19.5 Å². The molecule has 1 aromatic rings. The zero-order valence-electron chi connectivity index (χ0n) is 11.6. The predicted octanol–water partition coefficient (Wildman–Crippen LogP) is 1.02. The van der Waals surface area contributed by atoms with E-state index < -0.39 is 0 Å². The van der Waals surface area contributed by atoms with Crippen molar-refractivity contribution < 1.29 is 19.0 Å². The fourth-order valence-electron chi connectivity index (χ4n) is 1.97. The van der Waals surface area contributed by atoms with Crippen molar-refractivity contribution in [3.8, 4) is 5.88 Å². The molecule has 0 aromatic carbocycles. The van der Waals surface area contributed by atoms with E-state index in [0.717, 1.165) is 19.4 Å². The molecule has 1 N–H and O–H groups in total. The second-order valence-corrected chi connectivity index (χ2v) is 4.57. The second kappa shape index (κ2) is 7.81. The maximum absolute atomic E-state index is 12.0. The van der Waals surface area contributed by atoms with Crippen LogP contribution in [0.2, 0.25) is 0 Å². The molecule has 6 heteroatoms. The summed E-state index contributed by atoms with van der Waals surface area (Å²) in [6.45, 7) is 2.22. The summed E-state index contributed by atoms with van der Waals surface area (Å²) in [6, 6.07) is 3.29. The molecule has 1 amide bonds. The van der Waals surface area contributed by atoms with Crippen LogP contribution >= 0.6 is 0 Å². The van der Waals surface area contributed by atoms with E-state index in [9.17, 15) is 4.79 Å². The molecular formula is C14H20N2O4. The van der Waals surface area contributed by atoms with Crippen molar-refractivity contribution in [3.05, 3.63) is 23.9 Å². The highest BCUT2D eigenvalue weighted by molar-refractivity contribution is 5.94. The van der Waals surface area contributed by atoms with Gasteiger partial charge in [0.15, 0.2) is 0 Å². The summed E-state index contributed by atoms with van der Waals surface area (Å²) in [6.07, 6.45) is 3.76. The number of aromatic nitrogens is 1. The number of methoxy groups -OCH3 is 1. The maximum atomic E-state index is 12.0. The molecule has 20 heavy (non-hydrogen) atoms. The SMILES string of the molecule is COCCOc1cc(C(=O)NC[C@@H]2CCCO2)ccn1. The van der Waals surface area contributed by atoms with Crippen LogP contribution in [0, 0.1) is 0 Å². The lowest BCUT2D eigenvalue weighted by Gasteiger charge is -2.11. The predicted molar refractivity (Wildman–Crippen MR) is 72.9 cm³/mol. The van der Waals surface area contributed by atoms with Crippen molar-refractivity contribution >= 4 is 5.91 Å². The number of carbonyl (C=O) groups is 1. The second-order valence-electron chi connectivity index (χ2n) is 4.57. The highest BCUT2D eigenvalue weighted by Gasteiger charge is 2.16. The number of pyridine rings is 1. The van der Waals surface area contributed by atoms with E-state index in [4.69, 9.17) is 14.2 Å². The number of amides is 1. The molecule has 2 rings (SSSR count). The first-order chi connectivity index (χ1) is 9.79. The lowest BCUT2D eigenvalue weighted by molar-refractivity contribution is 0.0857. The zero-order valence-corrected chi connectivity index (χ0v) is 11.6. The summed E-state index contributed by atoms with van der Waals surface area (Å²) >= 11 is 0. The van der Waals surface area contributed by atoms with E-state index in [1.807, 2.05) is 0 Å². The van der Waals surface area contributed by atoms with Gasteiger partial charge in [0.05, 0.1) is 12.7 Å². The molecule has 1 atom stereocenters. The molecule has 1 aromatic heterocycles. The topological polar surface area (TPSA) is 69.7 Å². The van der Waals surface area contributed by atoms with Crippen LogP contribution in [-0.4, -0.2) is 50.5 Å². The summed E-state index contributed by atoms with van der Waals surface area (Å²) < 4.78 is 15.7. The van der Waals surface area contributed by atoms with Gasteiger partial charge in [-0.15, -0.1) is 0 Å². The Bertz CT molecular complexity index is 433. The van der Waals surface area contributed by atoms with Gasteiger partial charge in [-0.25, -0.2) is 4.98 Å². The number of hydrogen-bond acceptors (Lipinski definition) is 5. The van der Waals surface area contributed by atoms with Crippen LogP contribution in [0.15, 0.2) is 18.3 Å². The van der Waals surface area contributed by atoms with Crippen LogP contribution in [-0.2, 0) is 9.47 Å². The van der Waals surface area contributed by atoms with E-state index >= 15 is 0 Å². The lowest BCUT2D eigenvalue weighted by Crippen LogP contribution is -2.31. The lowest BCUT2D eigenvalue weighted by atomic mass is 10.2. The Morgan fingerprint density at radius 3 is 3.20 bits per heavy atom. The van der Waals surface area contributed by atoms with Gasteiger partial charge in [0.2, 0.25) is 5.88 Å². The highest BCUT2D eigenvalue weighted by atomic mass is 16.5. The van der Waals surface area contributed by atoms with Crippen molar-refractivity contribution in [1.82, 2.24) is 10.3 Å². The third kappa shape index (κ3) is 4.47. The van der Waals surface area contributed by atoms with Gasteiger partial charge in [0.1, 0.15) is 6.61 Å². The van der Waals surface area contributed by atoms with Crippen LogP contribution < -0.4 is 10.1 Å². The Kier molecular flexibility index (Phi) is 5.76. The standard InChI is InChI=1S/C14H20N2O4/c1-18-7-8-20-13-9-11(4-5-15-13)14(17)16-10-12-3-2-6-19-12/h4-5,9,12H,2-3,6-8,10H2,1H3,(H,16,17)/t12-/m0/s1. The molecule has 0 spiro atoms. The first-order valence-corrected chi connectivity index (χ1v) is 6.77. The Balaban J connectivity index is 1.83. The van der Waals surface area contributed by atoms with Crippen molar-refractivity contribution in [2.45, 2.75) is 18.9 Å². The summed E-state index contributed by atoms with van der Waals surface area (Å²) in [7, 11) is 1.60. The van der Waals surface area contributed by atoms with Gasteiger partial charge in [0.25, 0.3) is 5.91 Å². The number of nitrogens with one attached hydrogen (secondary N) is 1.